The number of thiazole rings is 1. The van der Waals surface area contributed by atoms with E-state index in [1.165, 1.54) is 30.7 Å². The Morgan fingerprint density at radius 2 is 2.12 bits per heavy atom. The maximum atomic E-state index is 12.3. The van der Waals surface area contributed by atoms with Gasteiger partial charge in [-0.1, -0.05) is 30.3 Å². The Morgan fingerprint density at radius 1 is 1.25 bits per heavy atom. The van der Waals surface area contributed by atoms with E-state index >= 15 is 0 Å². The van der Waals surface area contributed by atoms with Crippen molar-refractivity contribution in [3.8, 4) is 11.3 Å². The van der Waals surface area contributed by atoms with E-state index in [4.69, 9.17) is 0 Å². The van der Waals surface area contributed by atoms with Crippen molar-refractivity contribution in [2.45, 2.75) is 18.9 Å². The second-order valence-electron chi connectivity index (χ2n) is 6.52. The number of benzene rings is 1. The molecule has 1 N–H and O–H groups in total. The van der Waals surface area contributed by atoms with Crippen LogP contribution in [0.15, 0.2) is 35.7 Å². The van der Waals surface area contributed by atoms with Gasteiger partial charge in [0.05, 0.1) is 12.2 Å². The largest absolute Gasteiger partial charge is 0.301 e. The van der Waals surface area contributed by atoms with E-state index in [9.17, 15) is 4.79 Å². The molecule has 2 fully saturated rings. The van der Waals surface area contributed by atoms with Crippen LogP contribution in [0.2, 0.25) is 0 Å². The first-order valence-corrected chi connectivity index (χ1v) is 9.43. The lowest BCUT2D eigenvalue weighted by atomic mass is 10.1. The molecule has 0 spiro atoms. The van der Waals surface area contributed by atoms with E-state index in [-0.39, 0.29) is 5.91 Å². The molecule has 1 unspecified atom stereocenters. The van der Waals surface area contributed by atoms with Crippen LogP contribution >= 0.6 is 11.3 Å². The highest BCUT2D eigenvalue weighted by Gasteiger charge is 2.31. The number of hydrogen-bond donors (Lipinski definition) is 1. The van der Waals surface area contributed by atoms with Crippen LogP contribution in [0.3, 0.4) is 0 Å². The van der Waals surface area contributed by atoms with Crippen LogP contribution in [0.5, 0.6) is 0 Å². The van der Waals surface area contributed by atoms with E-state index < -0.39 is 0 Å². The van der Waals surface area contributed by atoms with Crippen LogP contribution in [0.25, 0.3) is 11.3 Å². The minimum absolute atomic E-state index is 0.0374. The topological polar surface area (TPSA) is 48.5 Å². The zero-order valence-electron chi connectivity index (χ0n) is 13.6. The van der Waals surface area contributed by atoms with Crippen LogP contribution < -0.4 is 5.32 Å². The van der Waals surface area contributed by atoms with Crippen molar-refractivity contribution in [3.63, 3.8) is 0 Å². The third kappa shape index (κ3) is 3.50. The molecule has 0 radical (unpaired) electrons. The number of carbonyl (C=O) groups is 1. The van der Waals surface area contributed by atoms with E-state index in [0.717, 1.165) is 30.9 Å². The quantitative estimate of drug-likeness (QED) is 0.928. The minimum Gasteiger partial charge on any atom is -0.301 e. The molecule has 2 saturated heterocycles. The molecule has 3 heterocycles. The Bertz CT molecular complexity index is 702. The highest BCUT2D eigenvalue weighted by Crippen LogP contribution is 2.25. The number of piperazine rings is 1. The number of hydrogen-bond acceptors (Lipinski definition) is 5. The van der Waals surface area contributed by atoms with Crippen LogP contribution in [0, 0.1) is 0 Å². The summed E-state index contributed by atoms with van der Waals surface area (Å²) >= 11 is 1.48. The fraction of sp³-hybridized carbons (Fsp3) is 0.444. The van der Waals surface area contributed by atoms with Crippen molar-refractivity contribution >= 4 is 22.4 Å². The average Bonchev–Trinajstić information content (AvgIpc) is 3.24. The van der Waals surface area contributed by atoms with Gasteiger partial charge in [0.15, 0.2) is 5.13 Å². The predicted molar refractivity (Wildman–Crippen MR) is 97.2 cm³/mol. The van der Waals surface area contributed by atoms with Gasteiger partial charge in [-0.3, -0.25) is 14.6 Å². The molecule has 1 aromatic carbocycles. The molecule has 0 aliphatic carbocycles. The number of nitrogens with one attached hydrogen (secondary N) is 1. The first-order valence-electron chi connectivity index (χ1n) is 8.55. The number of rotatable bonds is 4. The predicted octanol–water partition coefficient (Wildman–Crippen LogP) is 2.53. The molecular weight excluding hydrogens is 320 g/mol. The van der Waals surface area contributed by atoms with Gasteiger partial charge in [-0.05, 0) is 19.4 Å². The molecule has 6 heteroatoms. The fourth-order valence-electron chi connectivity index (χ4n) is 3.63. The Hall–Kier alpha value is -1.76. The number of nitrogens with zero attached hydrogens (tertiary/aromatic N) is 3. The summed E-state index contributed by atoms with van der Waals surface area (Å²) in [5.41, 5.74) is 1.99. The Labute approximate surface area is 146 Å². The summed E-state index contributed by atoms with van der Waals surface area (Å²) in [6.07, 6.45) is 2.57. The van der Waals surface area contributed by atoms with E-state index in [1.807, 2.05) is 35.7 Å². The van der Waals surface area contributed by atoms with Gasteiger partial charge in [0, 0.05) is 36.6 Å². The summed E-state index contributed by atoms with van der Waals surface area (Å²) in [7, 11) is 0. The summed E-state index contributed by atoms with van der Waals surface area (Å²) in [6, 6.07) is 10.7. The van der Waals surface area contributed by atoms with Crippen molar-refractivity contribution in [1.29, 1.82) is 0 Å². The second kappa shape index (κ2) is 7.01. The lowest BCUT2D eigenvalue weighted by Crippen LogP contribution is -2.51. The van der Waals surface area contributed by atoms with Crippen molar-refractivity contribution in [3.05, 3.63) is 35.7 Å². The first kappa shape index (κ1) is 15.7. The van der Waals surface area contributed by atoms with Crippen molar-refractivity contribution in [2.75, 3.05) is 38.0 Å². The monoisotopic (exact) mass is 342 g/mol. The van der Waals surface area contributed by atoms with Crippen molar-refractivity contribution < 1.29 is 4.79 Å². The number of fused-ring (bicyclic) bond motifs is 1. The van der Waals surface area contributed by atoms with Gasteiger partial charge in [-0.15, -0.1) is 11.3 Å². The molecule has 126 valence electrons. The first-order chi connectivity index (χ1) is 11.8. The molecule has 1 aromatic heterocycles. The third-order valence-electron chi connectivity index (χ3n) is 4.86. The maximum absolute atomic E-state index is 12.3. The number of aromatic nitrogens is 1. The summed E-state index contributed by atoms with van der Waals surface area (Å²) in [6.45, 7) is 4.78. The SMILES string of the molecule is O=C(CN1CCN2CCCC2C1)Nc1nc(-c2ccccc2)cs1. The van der Waals surface area contributed by atoms with Crippen LogP contribution in [-0.4, -0.2) is 59.5 Å². The number of anilines is 1. The normalized spacial score (nSPS) is 21.6. The van der Waals surface area contributed by atoms with E-state index in [0.29, 0.717) is 17.7 Å². The zero-order chi connectivity index (χ0) is 16.4. The summed E-state index contributed by atoms with van der Waals surface area (Å²) in [4.78, 5) is 21.7. The summed E-state index contributed by atoms with van der Waals surface area (Å²) in [5, 5.41) is 5.62. The van der Waals surface area contributed by atoms with E-state index in [1.54, 1.807) is 0 Å². The summed E-state index contributed by atoms with van der Waals surface area (Å²) in [5.74, 6) is 0.0374. The van der Waals surface area contributed by atoms with Gasteiger partial charge in [0.25, 0.3) is 0 Å². The minimum atomic E-state index is 0.0374. The molecule has 4 rings (SSSR count). The molecule has 24 heavy (non-hydrogen) atoms. The second-order valence-corrected chi connectivity index (χ2v) is 7.38. The highest BCUT2D eigenvalue weighted by molar-refractivity contribution is 7.14. The van der Waals surface area contributed by atoms with Gasteiger partial charge >= 0.3 is 0 Å². The van der Waals surface area contributed by atoms with Gasteiger partial charge < -0.3 is 5.32 Å². The fourth-order valence-corrected chi connectivity index (χ4v) is 4.37. The maximum Gasteiger partial charge on any atom is 0.240 e. The lowest BCUT2D eigenvalue weighted by Gasteiger charge is -2.36. The number of carbonyl (C=O) groups excluding carboxylic acids is 1. The molecule has 2 aliphatic heterocycles. The van der Waals surface area contributed by atoms with Gasteiger partial charge in [0.2, 0.25) is 5.91 Å². The Kier molecular flexibility index (Phi) is 4.60. The standard InChI is InChI=1S/C18H22N4OS/c23-17(12-21-9-10-22-8-4-7-15(22)11-21)20-18-19-16(13-24-18)14-5-2-1-3-6-14/h1-3,5-6,13,15H,4,7-12H2,(H,19,20,23). The summed E-state index contributed by atoms with van der Waals surface area (Å²) < 4.78 is 0. The molecule has 2 aromatic rings. The third-order valence-corrected chi connectivity index (χ3v) is 5.62. The van der Waals surface area contributed by atoms with Crippen molar-refractivity contribution in [1.82, 2.24) is 14.8 Å². The van der Waals surface area contributed by atoms with E-state index in [2.05, 4.69) is 20.1 Å². The molecule has 1 amide bonds. The smallest absolute Gasteiger partial charge is 0.240 e. The Morgan fingerprint density at radius 3 is 3.00 bits per heavy atom. The van der Waals surface area contributed by atoms with Crippen LogP contribution in [0.4, 0.5) is 5.13 Å². The van der Waals surface area contributed by atoms with Gasteiger partial charge in [0.1, 0.15) is 0 Å². The number of amides is 1. The van der Waals surface area contributed by atoms with Gasteiger partial charge in [-0.2, -0.15) is 0 Å². The van der Waals surface area contributed by atoms with Crippen molar-refractivity contribution in [2.24, 2.45) is 0 Å². The molecular formula is C18H22N4OS. The molecule has 0 bridgehead atoms. The lowest BCUT2D eigenvalue weighted by molar-refractivity contribution is -0.117. The Balaban J connectivity index is 1.32. The zero-order valence-corrected chi connectivity index (χ0v) is 14.5. The molecule has 1 atom stereocenters. The average molecular weight is 342 g/mol. The molecule has 0 saturated carbocycles. The van der Waals surface area contributed by atoms with Crippen LogP contribution in [0.1, 0.15) is 12.8 Å². The molecule has 2 aliphatic rings. The molecule has 5 nitrogen and oxygen atoms in total. The van der Waals surface area contributed by atoms with Crippen LogP contribution in [-0.2, 0) is 4.79 Å². The van der Waals surface area contributed by atoms with Gasteiger partial charge in [-0.25, -0.2) is 4.98 Å². The highest BCUT2D eigenvalue weighted by atomic mass is 32.1.